The molecule has 0 saturated heterocycles. The number of hydrogen-bond donors (Lipinski definition) is 0. The van der Waals surface area contributed by atoms with Crippen molar-refractivity contribution in [3.05, 3.63) is 259 Å². The number of nitrogens with zero attached hydrogens (tertiary/aromatic N) is 6. The van der Waals surface area contributed by atoms with Crippen LogP contribution in [0, 0.1) is 29.6 Å². The van der Waals surface area contributed by atoms with Crippen molar-refractivity contribution < 1.29 is 4.42 Å². The molecular weight excluding hydrogens is 989 g/mol. The fourth-order valence-corrected chi connectivity index (χ4v) is 13.9. The number of benzene rings is 12. The number of nitriles is 2. The summed E-state index contributed by atoms with van der Waals surface area (Å²) in [4.78, 5) is 0. The molecule has 0 fully saturated rings. The summed E-state index contributed by atoms with van der Waals surface area (Å²) in [5, 5.41) is 38.1. The molecule has 5 aromatic heterocycles. The van der Waals surface area contributed by atoms with Gasteiger partial charge in [0.15, 0.2) is 5.58 Å². The summed E-state index contributed by atoms with van der Waals surface area (Å²) < 4.78 is 16.2. The molecule has 17 rings (SSSR count). The highest BCUT2D eigenvalue weighted by Crippen LogP contribution is 2.48. The van der Waals surface area contributed by atoms with E-state index >= 15 is 0 Å². The fourth-order valence-electron chi connectivity index (χ4n) is 13.9. The van der Waals surface area contributed by atoms with Gasteiger partial charge in [0.05, 0.1) is 67.8 Å². The van der Waals surface area contributed by atoms with Gasteiger partial charge in [0, 0.05) is 64.9 Å². The number of hydrogen-bond acceptors (Lipinski definition) is 3. The topological polar surface area (TPSA) is 80.4 Å². The highest BCUT2D eigenvalue weighted by atomic mass is 16.3. The molecule has 0 atom stereocenters. The standard InChI is InChI=1S/C74H44N6O/c1-44-34-35-45-18-2-3-19-47(45)69(44)46-36-39-61-57(40-46)55-37-38-56-54-26-10-17-33-68(54)81-74(56)73(55)77(61)43-60-58(41-75)71(79-64-29-13-6-22-50(64)51-23-7-14-30-65(51)79)72(80-66-31-15-8-24-52(66)53-25-9-16-32-67(53)80)59(42-76)70(60)78-62-27-11-4-20-48(62)49-21-5-12-28-63(49)78/h2-40H,43H2,1H3. The van der Waals surface area contributed by atoms with Crippen molar-refractivity contribution in [2.75, 3.05) is 0 Å². The Morgan fingerprint density at radius 3 is 1.35 bits per heavy atom. The molecular formula is C74H44N6O. The Bertz CT molecular complexity index is 5520. The van der Waals surface area contributed by atoms with E-state index in [9.17, 15) is 10.5 Å². The third-order valence-electron chi connectivity index (χ3n) is 17.3. The second-order valence-electron chi connectivity index (χ2n) is 21.3. The van der Waals surface area contributed by atoms with Crippen LogP contribution in [0.4, 0.5) is 0 Å². The second kappa shape index (κ2) is 16.9. The van der Waals surface area contributed by atoms with Gasteiger partial charge in [-0.25, -0.2) is 0 Å². The lowest BCUT2D eigenvalue weighted by Gasteiger charge is -2.26. The van der Waals surface area contributed by atoms with E-state index in [1.165, 1.54) is 21.9 Å². The number of furan rings is 1. The van der Waals surface area contributed by atoms with Gasteiger partial charge in [0.2, 0.25) is 0 Å². The molecule has 0 radical (unpaired) electrons. The number of aryl methyl sites for hydroxylation is 1. The molecule has 5 heterocycles. The average molecular weight is 1030 g/mol. The molecule has 0 aliphatic carbocycles. The molecule has 0 bridgehead atoms. The Kier molecular flexibility index (Phi) is 9.40. The molecule has 0 unspecified atom stereocenters. The lowest BCUT2D eigenvalue weighted by molar-refractivity contribution is 0.669. The van der Waals surface area contributed by atoms with Crippen molar-refractivity contribution >= 4 is 120 Å². The van der Waals surface area contributed by atoms with E-state index in [-0.39, 0.29) is 6.54 Å². The van der Waals surface area contributed by atoms with Crippen molar-refractivity contribution in [2.45, 2.75) is 13.5 Å². The Morgan fingerprint density at radius 2 is 0.815 bits per heavy atom. The van der Waals surface area contributed by atoms with Crippen LogP contribution in [-0.2, 0) is 6.54 Å². The zero-order chi connectivity index (χ0) is 53.6. The molecule has 0 saturated carbocycles. The summed E-state index contributed by atoms with van der Waals surface area (Å²) in [7, 11) is 0. The van der Waals surface area contributed by atoms with Crippen molar-refractivity contribution in [3.63, 3.8) is 0 Å². The van der Waals surface area contributed by atoms with Crippen LogP contribution in [0.15, 0.2) is 241 Å². The first-order valence-electron chi connectivity index (χ1n) is 27.4. The quantitative estimate of drug-likeness (QED) is 0.166. The van der Waals surface area contributed by atoms with Crippen LogP contribution >= 0.6 is 0 Å². The van der Waals surface area contributed by atoms with E-state index in [1.54, 1.807) is 0 Å². The summed E-state index contributed by atoms with van der Waals surface area (Å²) in [6, 6.07) is 89.0. The maximum atomic E-state index is 12.7. The van der Waals surface area contributed by atoms with Gasteiger partial charge < -0.3 is 22.7 Å². The first-order valence-corrected chi connectivity index (χ1v) is 27.4. The van der Waals surface area contributed by atoms with Crippen molar-refractivity contribution in [1.29, 1.82) is 10.5 Å². The smallest absolute Gasteiger partial charge is 0.159 e. The van der Waals surface area contributed by atoms with E-state index in [2.05, 4.69) is 262 Å². The second-order valence-corrected chi connectivity index (χ2v) is 21.3. The van der Waals surface area contributed by atoms with Gasteiger partial charge >= 0.3 is 0 Å². The van der Waals surface area contributed by atoms with Crippen molar-refractivity contribution in [2.24, 2.45) is 0 Å². The van der Waals surface area contributed by atoms with Gasteiger partial charge in [-0.1, -0.05) is 176 Å². The van der Waals surface area contributed by atoms with Gasteiger partial charge in [0.1, 0.15) is 23.3 Å². The Labute approximate surface area is 463 Å². The maximum Gasteiger partial charge on any atom is 0.159 e. The van der Waals surface area contributed by atoms with Gasteiger partial charge in [-0.05, 0) is 95.1 Å². The third kappa shape index (κ3) is 6.15. The third-order valence-corrected chi connectivity index (χ3v) is 17.3. The lowest BCUT2D eigenvalue weighted by Crippen LogP contribution is -2.17. The van der Waals surface area contributed by atoms with Crippen LogP contribution in [0.3, 0.4) is 0 Å². The highest BCUT2D eigenvalue weighted by molar-refractivity contribution is 6.22. The van der Waals surface area contributed by atoms with Crippen LogP contribution in [0.2, 0.25) is 0 Å². The number of fused-ring (bicyclic) bond motifs is 17. The maximum absolute atomic E-state index is 12.7. The summed E-state index contributed by atoms with van der Waals surface area (Å²) in [6.07, 6.45) is 0. The minimum atomic E-state index is 0.189. The van der Waals surface area contributed by atoms with Gasteiger partial charge in [-0.3, -0.25) is 0 Å². The Hall–Kier alpha value is -11.1. The van der Waals surface area contributed by atoms with Crippen LogP contribution in [0.1, 0.15) is 22.3 Å². The van der Waals surface area contributed by atoms with Gasteiger partial charge in [0.25, 0.3) is 0 Å². The average Bonchev–Trinajstić information content (AvgIpc) is 4.15. The van der Waals surface area contributed by atoms with E-state index < -0.39 is 0 Å². The predicted molar refractivity (Wildman–Crippen MR) is 332 cm³/mol. The number of aromatic nitrogens is 4. The molecule has 12 aromatic carbocycles. The summed E-state index contributed by atoms with van der Waals surface area (Å²) >= 11 is 0. The highest BCUT2D eigenvalue weighted by Gasteiger charge is 2.33. The van der Waals surface area contributed by atoms with Gasteiger partial charge in [-0.15, -0.1) is 0 Å². The minimum Gasteiger partial charge on any atom is -0.454 e. The zero-order valence-electron chi connectivity index (χ0n) is 43.8. The monoisotopic (exact) mass is 1030 g/mol. The number of para-hydroxylation sites is 7. The molecule has 7 heteroatoms. The Morgan fingerprint density at radius 1 is 0.370 bits per heavy atom. The first-order chi connectivity index (χ1) is 40.1. The zero-order valence-corrected chi connectivity index (χ0v) is 43.8. The van der Waals surface area contributed by atoms with E-state index in [1.807, 2.05) is 12.1 Å². The molecule has 0 N–H and O–H groups in total. The van der Waals surface area contributed by atoms with Crippen LogP contribution in [0.25, 0.3) is 148 Å². The van der Waals surface area contributed by atoms with E-state index in [0.717, 1.165) is 115 Å². The molecule has 0 aliphatic heterocycles. The molecule has 0 amide bonds. The molecule has 0 spiro atoms. The SMILES string of the molecule is Cc1ccc2ccccc2c1-c1ccc2c(c1)c1ccc3c4ccccc4oc3c1n2Cc1c(C#N)c(-n2c3ccccc3c3ccccc32)c(-n2c3ccccc3c3ccccc32)c(C#N)c1-n1c2ccccc2c2ccccc21. The fraction of sp³-hybridized carbons (Fsp3) is 0.0270. The molecule has 17 aromatic rings. The van der Waals surface area contributed by atoms with Crippen molar-refractivity contribution in [1.82, 2.24) is 18.3 Å². The van der Waals surface area contributed by atoms with Crippen molar-refractivity contribution in [3.8, 4) is 40.3 Å². The Balaban J connectivity index is 1.09. The first kappa shape index (κ1) is 45.0. The predicted octanol–water partition coefficient (Wildman–Crippen LogP) is 18.9. The normalized spacial score (nSPS) is 12.0. The molecule has 7 nitrogen and oxygen atoms in total. The van der Waals surface area contributed by atoms with E-state index in [4.69, 9.17) is 4.42 Å². The largest absolute Gasteiger partial charge is 0.454 e. The summed E-state index contributed by atoms with van der Waals surface area (Å²) in [6.45, 7) is 2.38. The summed E-state index contributed by atoms with van der Waals surface area (Å²) in [5.41, 5.74) is 15.9. The molecule has 0 aliphatic rings. The van der Waals surface area contributed by atoms with Crippen LogP contribution in [-0.4, -0.2) is 18.3 Å². The van der Waals surface area contributed by atoms with Crippen LogP contribution in [0.5, 0.6) is 0 Å². The van der Waals surface area contributed by atoms with E-state index in [0.29, 0.717) is 33.8 Å². The van der Waals surface area contributed by atoms with Crippen LogP contribution < -0.4 is 0 Å². The lowest BCUT2D eigenvalue weighted by atomic mass is 9.93. The van der Waals surface area contributed by atoms with Gasteiger partial charge in [-0.2, -0.15) is 10.5 Å². The molecule has 376 valence electrons. The molecule has 81 heavy (non-hydrogen) atoms. The summed E-state index contributed by atoms with van der Waals surface area (Å²) in [5.74, 6) is 0. The minimum absolute atomic E-state index is 0.189. The number of rotatable bonds is 6.